The number of nitrogens with zero attached hydrogens (tertiary/aromatic N) is 1. The van der Waals surface area contributed by atoms with Crippen molar-refractivity contribution in [3.8, 4) is 0 Å². The number of nitrogens with one attached hydrogen (secondary N) is 1. The SMILES string of the molecule is O=C(NCc1ccccc1CN1CCOCC1)C1CCCc2ccccc21. The van der Waals surface area contributed by atoms with Gasteiger partial charge in [0.2, 0.25) is 5.91 Å². The number of aryl methyl sites for hydroxylation is 1. The number of ether oxygens (including phenoxy) is 1. The minimum Gasteiger partial charge on any atom is -0.379 e. The highest BCUT2D eigenvalue weighted by atomic mass is 16.5. The molecule has 0 radical (unpaired) electrons. The molecular formula is C23H28N2O2. The Kier molecular flexibility index (Phi) is 5.85. The predicted molar refractivity (Wildman–Crippen MR) is 107 cm³/mol. The van der Waals surface area contributed by atoms with Gasteiger partial charge >= 0.3 is 0 Å². The van der Waals surface area contributed by atoms with Gasteiger partial charge < -0.3 is 10.1 Å². The molecule has 4 nitrogen and oxygen atoms in total. The van der Waals surface area contributed by atoms with Gasteiger partial charge in [-0.05, 0) is 41.5 Å². The van der Waals surface area contributed by atoms with Gasteiger partial charge in [0, 0.05) is 26.2 Å². The topological polar surface area (TPSA) is 41.6 Å². The lowest BCUT2D eigenvalue weighted by Crippen LogP contribution is -2.36. The summed E-state index contributed by atoms with van der Waals surface area (Å²) < 4.78 is 5.44. The van der Waals surface area contributed by atoms with Gasteiger partial charge in [-0.3, -0.25) is 9.69 Å². The Labute approximate surface area is 161 Å². The highest BCUT2D eigenvalue weighted by molar-refractivity contribution is 5.84. The Morgan fingerprint density at radius 2 is 1.78 bits per heavy atom. The number of carbonyl (C=O) groups excluding carboxylic acids is 1. The molecular weight excluding hydrogens is 336 g/mol. The molecule has 1 heterocycles. The molecule has 2 aromatic carbocycles. The predicted octanol–water partition coefficient (Wildman–Crippen LogP) is 3.26. The number of carbonyl (C=O) groups is 1. The summed E-state index contributed by atoms with van der Waals surface area (Å²) in [5.74, 6) is 0.143. The van der Waals surface area contributed by atoms with E-state index in [2.05, 4.69) is 52.7 Å². The van der Waals surface area contributed by atoms with E-state index in [9.17, 15) is 4.79 Å². The smallest absolute Gasteiger partial charge is 0.227 e. The highest BCUT2D eigenvalue weighted by Gasteiger charge is 2.26. The first-order valence-corrected chi connectivity index (χ1v) is 10.0. The van der Waals surface area contributed by atoms with Crippen LogP contribution in [0.2, 0.25) is 0 Å². The molecule has 2 aliphatic rings. The molecule has 0 saturated carbocycles. The van der Waals surface area contributed by atoms with Crippen molar-refractivity contribution in [2.75, 3.05) is 26.3 Å². The normalized spacial score (nSPS) is 20.1. The zero-order chi connectivity index (χ0) is 18.5. The maximum Gasteiger partial charge on any atom is 0.227 e. The molecule has 2 aromatic rings. The van der Waals surface area contributed by atoms with Crippen molar-refractivity contribution in [2.24, 2.45) is 0 Å². The van der Waals surface area contributed by atoms with Crippen molar-refractivity contribution in [3.63, 3.8) is 0 Å². The average molecular weight is 364 g/mol. The zero-order valence-corrected chi connectivity index (χ0v) is 15.8. The molecule has 142 valence electrons. The van der Waals surface area contributed by atoms with Crippen LogP contribution in [0.1, 0.15) is 41.0 Å². The average Bonchev–Trinajstić information content (AvgIpc) is 2.73. The van der Waals surface area contributed by atoms with Crippen molar-refractivity contribution in [1.29, 1.82) is 0 Å². The van der Waals surface area contributed by atoms with Gasteiger partial charge in [0.1, 0.15) is 0 Å². The minimum absolute atomic E-state index is 0.0126. The van der Waals surface area contributed by atoms with E-state index in [0.717, 1.165) is 52.1 Å². The third-order valence-corrected chi connectivity index (χ3v) is 5.76. The summed E-state index contributed by atoms with van der Waals surface area (Å²) in [6, 6.07) is 16.8. The molecule has 1 atom stereocenters. The minimum atomic E-state index is -0.0126. The van der Waals surface area contributed by atoms with Crippen LogP contribution in [0.5, 0.6) is 0 Å². The maximum atomic E-state index is 12.9. The molecule has 0 bridgehead atoms. The molecule has 27 heavy (non-hydrogen) atoms. The summed E-state index contributed by atoms with van der Waals surface area (Å²) in [5.41, 5.74) is 5.05. The van der Waals surface area contributed by atoms with Crippen LogP contribution in [0.25, 0.3) is 0 Å². The van der Waals surface area contributed by atoms with E-state index in [1.165, 1.54) is 22.3 Å². The van der Waals surface area contributed by atoms with Gasteiger partial charge in [-0.1, -0.05) is 48.5 Å². The van der Waals surface area contributed by atoms with Crippen LogP contribution in [0.4, 0.5) is 0 Å². The lowest BCUT2D eigenvalue weighted by Gasteiger charge is -2.28. The van der Waals surface area contributed by atoms with Gasteiger partial charge in [0.05, 0.1) is 19.1 Å². The summed E-state index contributed by atoms with van der Waals surface area (Å²) in [6.45, 7) is 5.07. The monoisotopic (exact) mass is 364 g/mol. The van der Waals surface area contributed by atoms with E-state index in [1.807, 2.05) is 6.07 Å². The largest absolute Gasteiger partial charge is 0.379 e. The van der Waals surface area contributed by atoms with Gasteiger partial charge in [-0.2, -0.15) is 0 Å². The van der Waals surface area contributed by atoms with Crippen molar-refractivity contribution in [1.82, 2.24) is 10.2 Å². The van der Waals surface area contributed by atoms with Crippen molar-refractivity contribution >= 4 is 5.91 Å². The Hall–Kier alpha value is -2.17. The lowest BCUT2D eigenvalue weighted by molar-refractivity contribution is -0.123. The molecule has 1 aliphatic heterocycles. The van der Waals surface area contributed by atoms with E-state index >= 15 is 0 Å². The van der Waals surface area contributed by atoms with Crippen LogP contribution in [-0.2, 0) is 29.0 Å². The molecule has 1 N–H and O–H groups in total. The Morgan fingerprint density at radius 1 is 1.04 bits per heavy atom. The molecule has 4 rings (SSSR count). The van der Waals surface area contributed by atoms with Gasteiger partial charge in [0.15, 0.2) is 0 Å². The van der Waals surface area contributed by atoms with Crippen molar-refractivity contribution in [2.45, 2.75) is 38.3 Å². The molecule has 1 saturated heterocycles. The first-order chi connectivity index (χ1) is 13.3. The fraction of sp³-hybridized carbons (Fsp3) is 0.435. The van der Waals surface area contributed by atoms with Crippen LogP contribution in [-0.4, -0.2) is 37.1 Å². The van der Waals surface area contributed by atoms with E-state index in [1.54, 1.807) is 0 Å². The fourth-order valence-corrected chi connectivity index (χ4v) is 4.22. The van der Waals surface area contributed by atoms with Crippen LogP contribution in [0.15, 0.2) is 48.5 Å². The van der Waals surface area contributed by atoms with Crippen molar-refractivity contribution < 1.29 is 9.53 Å². The maximum absolute atomic E-state index is 12.9. The highest BCUT2D eigenvalue weighted by Crippen LogP contribution is 2.31. The second-order valence-corrected chi connectivity index (χ2v) is 7.52. The quantitative estimate of drug-likeness (QED) is 0.885. The Morgan fingerprint density at radius 3 is 2.63 bits per heavy atom. The number of morpholine rings is 1. The van der Waals surface area contributed by atoms with Crippen LogP contribution >= 0.6 is 0 Å². The van der Waals surface area contributed by atoms with E-state index < -0.39 is 0 Å². The summed E-state index contributed by atoms with van der Waals surface area (Å²) >= 11 is 0. The molecule has 4 heteroatoms. The lowest BCUT2D eigenvalue weighted by atomic mass is 9.82. The van der Waals surface area contributed by atoms with Crippen molar-refractivity contribution in [3.05, 3.63) is 70.8 Å². The van der Waals surface area contributed by atoms with E-state index in [4.69, 9.17) is 4.74 Å². The summed E-state index contributed by atoms with van der Waals surface area (Å²) in [5, 5.41) is 3.21. The molecule has 1 unspecified atom stereocenters. The number of fused-ring (bicyclic) bond motifs is 1. The number of hydrogen-bond acceptors (Lipinski definition) is 3. The number of rotatable bonds is 5. The second-order valence-electron chi connectivity index (χ2n) is 7.52. The van der Waals surface area contributed by atoms with Gasteiger partial charge in [-0.25, -0.2) is 0 Å². The first-order valence-electron chi connectivity index (χ1n) is 10.0. The van der Waals surface area contributed by atoms with Crippen LogP contribution in [0, 0.1) is 0 Å². The van der Waals surface area contributed by atoms with E-state index in [-0.39, 0.29) is 11.8 Å². The summed E-state index contributed by atoms with van der Waals surface area (Å²) in [6.07, 6.45) is 3.11. The third kappa shape index (κ3) is 4.40. The number of amides is 1. The third-order valence-electron chi connectivity index (χ3n) is 5.76. The Bertz CT molecular complexity index is 783. The van der Waals surface area contributed by atoms with Crippen LogP contribution < -0.4 is 5.32 Å². The molecule has 1 amide bonds. The Balaban J connectivity index is 1.41. The number of benzene rings is 2. The number of hydrogen-bond donors (Lipinski definition) is 1. The first kappa shape index (κ1) is 18.2. The standard InChI is InChI=1S/C23H28N2O2/c26-23(22-11-5-9-18-6-3-4-10-21(18)22)24-16-19-7-1-2-8-20(19)17-25-12-14-27-15-13-25/h1-4,6-8,10,22H,5,9,11-17H2,(H,24,26). The van der Waals surface area contributed by atoms with E-state index in [0.29, 0.717) is 6.54 Å². The fourth-order valence-electron chi connectivity index (χ4n) is 4.22. The van der Waals surface area contributed by atoms with Gasteiger partial charge in [-0.15, -0.1) is 0 Å². The summed E-state index contributed by atoms with van der Waals surface area (Å²) in [4.78, 5) is 15.3. The van der Waals surface area contributed by atoms with Gasteiger partial charge in [0.25, 0.3) is 0 Å². The molecule has 0 aromatic heterocycles. The summed E-state index contributed by atoms with van der Waals surface area (Å²) in [7, 11) is 0. The molecule has 1 fully saturated rings. The zero-order valence-electron chi connectivity index (χ0n) is 15.8. The van der Waals surface area contributed by atoms with Crippen LogP contribution in [0.3, 0.4) is 0 Å². The molecule has 1 aliphatic carbocycles. The molecule has 0 spiro atoms. The second kappa shape index (κ2) is 8.68.